The van der Waals surface area contributed by atoms with Crippen molar-refractivity contribution in [3.8, 4) is 0 Å². The van der Waals surface area contributed by atoms with Gasteiger partial charge in [0, 0.05) is 0 Å². The minimum absolute atomic E-state index is 0.975. The van der Waals surface area contributed by atoms with Crippen LogP contribution in [0.25, 0.3) is 0 Å². The van der Waals surface area contributed by atoms with Crippen LogP contribution in [-0.2, 0) is 0 Å². The Hall–Kier alpha value is 1.57. The monoisotopic (exact) mass is 204 g/mol. The second-order valence-corrected chi connectivity index (χ2v) is 4.11. The lowest BCUT2D eigenvalue weighted by Gasteiger charge is -1.62. The average molecular weight is 204 g/mol. The molecule has 0 saturated heterocycles. The van der Waals surface area contributed by atoms with Crippen molar-refractivity contribution in [2.24, 2.45) is 0 Å². The van der Waals surface area contributed by atoms with Gasteiger partial charge in [-0.3, -0.25) is 0 Å². The van der Waals surface area contributed by atoms with E-state index in [2.05, 4.69) is 34.5 Å². The number of thiol groups is 1. The maximum Gasteiger partial charge on any atom is 0.223 e. The minimum Gasteiger partial charge on any atom is -0.225 e. The molecule has 0 aromatic heterocycles. The molecule has 0 N–H and O–H groups in total. The molecule has 0 aromatic rings. The summed E-state index contributed by atoms with van der Waals surface area (Å²) in [6.07, 6.45) is 2.00. The van der Waals surface area contributed by atoms with Gasteiger partial charge in [-0.2, -0.15) is 0 Å². The topological polar surface area (TPSA) is 0 Å². The number of rotatable bonds is 1. The van der Waals surface area contributed by atoms with Crippen LogP contribution < -0.4 is 0 Å². The summed E-state index contributed by atoms with van der Waals surface area (Å²) in [5.41, 5.74) is 0. The van der Waals surface area contributed by atoms with E-state index in [9.17, 15) is 0 Å². The van der Waals surface area contributed by atoms with Crippen LogP contribution >= 0.6 is 40.6 Å². The lowest BCUT2D eigenvalue weighted by molar-refractivity contribution is 4.87. The summed E-state index contributed by atoms with van der Waals surface area (Å²) in [7, 11) is 0. The first-order valence-corrected chi connectivity index (χ1v) is 5.81. The average Bonchev–Trinajstić information content (AvgIpc) is 1.37. The largest absolute Gasteiger partial charge is 0.225 e. The van der Waals surface area contributed by atoms with Crippen molar-refractivity contribution >= 4 is 46.9 Å². The lowest BCUT2D eigenvalue weighted by Crippen LogP contribution is -1.41. The Bertz CT molecular complexity index is 10.0. The third kappa shape index (κ3) is 3.57. The van der Waals surface area contributed by atoms with Crippen molar-refractivity contribution in [2.45, 2.75) is 0 Å². The fourth-order valence-corrected chi connectivity index (χ4v) is 0. The Morgan fingerprint density at radius 2 is 2.25 bits per heavy atom. The zero-order valence-electron chi connectivity index (χ0n) is 2.03. The molecule has 24 valence electrons. The molecule has 1 unspecified atom stereocenters. The molecule has 4 heavy (non-hydrogen) atoms. The molecule has 0 radical (unpaired) electrons. The van der Waals surface area contributed by atoms with Crippen molar-refractivity contribution in [1.82, 2.24) is 0 Å². The highest BCUT2D eigenvalue weighted by molar-refractivity contribution is 14.2. The van der Waals surface area contributed by atoms with Crippen LogP contribution in [0, 0.1) is 0 Å². The van der Waals surface area contributed by atoms with E-state index in [0.29, 0.717) is 0 Å². The molecular weight excluding hydrogens is 201 g/mol. The van der Waals surface area contributed by atoms with Crippen molar-refractivity contribution < 1.29 is 0 Å². The van der Waals surface area contributed by atoms with Crippen LogP contribution in [0.4, 0.5) is 0 Å². The van der Waals surface area contributed by atoms with E-state index in [1.165, 1.54) is 0 Å². The minimum atomic E-state index is 0.975. The van der Waals surface area contributed by atoms with Crippen molar-refractivity contribution in [2.75, 3.05) is 0 Å². The molecule has 0 rings (SSSR count). The van der Waals surface area contributed by atoms with Gasteiger partial charge in [-0.05, 0) is 0 Å². The van der Waals surface area contributed by atoms with Gasteiger partial charge in [-0.15, -0.1) is 0 Å². The maximum absolute atomic E-state index is 3.93. The first-order chi connectivity index (χ1) is 1.91. The summed E-state index contributed by atoms with van der Waals surface area (Å²) in [6, 6.07) is 0. The zero-order valence-corrected chi connectivity index (χ0v) is 6.08. The van der Waals surface area contributed by atoms with Gasteiger partial charge >= 0.3 is 0 Å². The summed E-state index contributed by atoms with van der Waals surface area (Å²) in [6.45, 7) is 0. The summed E-state index contributed by atoms with van der Waals surface area (Å²) in [5, 5.41) is 0. The van der Waals surface area contributed by atoms with Crippen molar-refractivity contribution in [1.29, 1.82) is 0 Å². The number of halogens is 1. The van der Waals surface area contributed by atoms with Crippen LogP contribution in [0.15, 0.2) is 0 Å². The molecular formula is H3BIPS. The Labute approximate surface area is 46.9 Å². The second-order valence-electron chi connectivity index (χ2n) is 0.292. The van der Waals surface area contributed by atoms with E-state index in [1.54, 1.807) is 0 Å². The van der Waals surface area contributed by atoms with Crippen LogP contribution in [0.5, 0.6) is 0 Å². The highest BCUT2D eigenvalue weighted by Crippen LogP contribution is 2.17. The smallest absolute Gasteiger partial charge is 0.223 e. The third-order valence-corrected chi connectivity index (χ3v) is 3.61. The summed E-state index contributed by atoms with van der Waals surface area (Å²) < 4.78 is 0. The maximum atomic E-state index is 3.93. The highest BCUT2D eigenvalue weighted by atomic mass is 127. The fourth-order valence-electron chi connectivity index (χ4n) is 0. The Balaban J connectivity index is 1.97. The third-order valence-electron chi connectivity index (χ3n) is 0.0598. The van der Waals surface area contributed by atoms with Gasteiger partial charge in [0.2, 0.25) is 6.28 Å². The fraction of sp³-hybridized carbons (Fsp3) is 0. The molecule has 0 nitrogen and oxygen atoms in total. The number of hydrogen-bond donors (Lipinski definition) is 1. The van der Waals surface area contributed by atoms with Crippen LogP contribution in [-0.4, -0.2) is 6.28 Å². The summed E-state index contributed by atoms with van der Waals surface area (Å²) >= 11 is 6.23. The molecule has 0 amide bonds. The van der Waals surface area contributed by atoms with E-state index in [4.69, 9.17) is 0 Å². The van der Waals surface area contributed by atoms with Gasteiger partial charge in [0.1, 0.15) is 0 Å². The van der Waals surface area contributed by atoms with Gasteiger partial charge in [-0.1, -0.05) is 28.1 Å². The van der Waals surface area contributed by atoms with E-state index < -0.39 is 0 Å². The molecule has 1 atom stereocenters. The van der Waals surface area contributed by atoms with Gasteiger partial charge in [0.15, 0.2) is 0 Å². The highest BCUT2D eigenvalue weighted by Gasteiger charge is 1.64. The molecule has 0 aliphatic heterocycles. The Morgan fingerprint density at radius 1 is 2.00 bits per heavy atom. The molecule has 0 fully saturated rings. The normalized spacial score (nSPS) is 9.50. The zero-order chi connectivity index (χ0) is 3.41. The van der Waals surface area contributed by atoms with Gasteiger partial charge in [0.25, 0.3) is 0 Å². The van der Waals surface area contributed by atoms with Crippen LogP contribution in [0.2, 0.25) is 0 Å². The van der Waals surface area contributed by atoms with Crippen molar-refractivity contribution in [3.63, 3.8) is 0 Å². The van der Waals surface area contributed by atoms with Crippen molar-refractivity contribution in [3.05, 3.63) is 0 Å². The Kier molecular flexibility index (Phi) is 6.38. The summed E-state index contributed by atoms with van der Waals surface area (Å²) in [5.74, 6) is 0. The number of hydrogen-bond acceptors (Lipinski definition) is 1. The molecule has 0 aliphatic carbocycles. The first-order valence-electron chi connectivity index (χ1n) is 0.859. The van der Waals surface area contributed by atoms with Crippen LogP contribution in [0.3, 0.4) is 0 Å². The van der Waals surface area contributed by atoms with E-state index in [0.717, 1.165) is 12.4 Å². The molecule has 0 aliphatic rings. The van der Waals surface area contributed by atoms with Gasteiger partial charge in [-0.25, -0.2) is 12.5 Å². The molecule has 0 aromatic carbocycles. The molecule has 0 spiro atoms. The molecule has 0 bridgehead atoms. The van der Waals surface area contributed by atoms with E-state index in [-0.39, 0.29) is 0 Å². The van der Waals surface area contributed by atoms with E-state index >= 15 is 0 Å². The quantitative estimate of drug-likeness (QED) is 0.282. The van der Waals surface area contributed by atoms with E-state index in [1.807, 2.05) is 0 Å². The SMILES string of the molecule is SBPI. The second kappa shape index (κ2) is 4.57. The molecule has 4 heteroatoms. The molecule has 0 saturated carbocycles. The van der Waals surface area contributed by atoms with Gasteiger partial charge < -0.3 is 0 Å². The first kappa shape index (κ1) is 5.57. The standard InChI is InChI=1S/BH3IPS/c2-3-1-4/h1,3-4H. The van der Waals surface area contributed by atoms with Crippen LogP contribution in [0.1, 0.15) is 0 Å². The Morgan fingerprint density at radius 3 is 2.25 bits per heavy atom. The predicted octanol–water partition coefficient (Wildman–Crippen LogP) is 1.21. The molecule has 0 heterocycles. The lowest BCUT2D eigenvalue weighted by atomic mass is 10.7. The summed E-state index contributed by atoms with van der Waals surface area (Å²) in [4.78, 5) is 0. The van der Waals surface area contributed by atoms with Gasteiger partial charge in [0.05, 0.1) is 0 Å². The predicted molar refractivity (Wildman–Crippen MR) is 38.5 cm³/mol.